The van der Waals surface area contributed by atoms with Crippen LogP contribution in [0.1, 0.15) is 32.6 Å². The average molecular weight is 181 g/mol. The summed E-state index contributed by atoms with van der Waals surface area (Å²) in [7, 11) is 0. The van der Waals surface area contributed by atoms with E-state index in [1.54, 1.807) is 4.90 Å². The van der Waals surface area contributed by atoms with Crippen LogP contribution in [-0.4, -0.2) is 29.2 Å². The molecule has 2 atom stereocenters. The van der Waals surface area contributed by atoms with Gasteiger partial charge in [-0.2, -0.15) is 0 Å². The van der Waals surface area contributed by atoms with Crippen molar-refractivity contribution in [2.75, 3.05) is 6.54 Å². The van der Waals surface area contributed by atoms with Crippen LogP contribution in [0.2, 0.25) is 0 Å². The van der Waals surface area contributed by atoms with E-state index in [0.717, 1.165) is 6.42 Å². The molecule has 0 spiro atoms. The maximum Gasteiger partial charge on any atom is 0.230 e. The van der Waals surface area contributed by atoms with Crippen molar-refractivity contribution in [3.8, 4) is 0 Å². The molecule has 2 fully saturated rings. The van der Waals surface area contributed by atoms with E-state index in [-0.39, 0.29) is 18.1 Å². The van der Waals surface area contributed by atoms with Gasteiger partial charge < -0.3 is 4.90 Å². The van der Waals surface area contributed by atoms with Crippen LogP contribution in [-0.2, 0) is 9.59 Å². The quantitative estimate of drug-likeness (QED) is 0.608. The number of amides is 1. The Bertz CT molecular complexity index is 249. The second-order valence-corrected chi connectivity index (χ2v) is 4.09. The van der Waals surface area contributed by atoms with Gasteiger partial charge in [0.2, 0.25) is 5.91 Å². The first-order valence-electron chi connectivity index (χ1n) is 5.03. The first kappa shape index (κ1) is 8.73. The molecule has 2 unspecified atom stereocenters. The molecule has 3 nitrogen and oxygen atoms in total. The number of carbonyl (C=O) groups excluding carboxylic acids is 2. The average Bonchev–Trinajstić information content (AvgIpc) is 2.73. The molecule has 2 rings (SSSR count). The molecule has 2 aliphatic rings. The van der Waals surface area contributed by atoms with Gasteiger partial charge in [-0.15, -0.1) is 0 Å². The van der Waals surface area contributed by atoms with E-state index in [2.05, 4.69) is 6.92 Å². The highest BCUT2D eigenvalue weighted by molar-refractivity contribution is 6.05. The monoisotopic (exact) mass is 181 g/mol. The molecule has 0 bridgehead atoms. The largest absolute Gasteiger partial charge is 0.332 e. The summed E-state index contributed by atoms with van der Waals surface area (Å²) >= 11 is 0. The number of Topliss-reactive ketones (excluding diaryl/α,β-unsaturated/α-hetero) is 1. The Morgan fingerprint density at radius 1 is 1.46 bits per heavy atom. The molecular weight excluding hydrogens is 166 g/mol. The highest BCUT2D eigenvalue weighted by Gasteiger charge is 2.45. The second kappa shape index (κ2) is 3.13. The molecule has 1 heterocycles. The van der Waals surface area contributed by atoms with Gasteiger partial charge in [-0.3, -0.25) is 9.59 Å². The van der Waals surface area contributed by atoms with Gasteiger partial charge in [0.25, 0.3) is 0 Å². The lowest BCUT2D eigenvalue weighted by atomic mass is 10.2. The van der Waals surface area contributed by atoms with Crippen LogP contribution in [0.5, 0.6) is 0 Å². The lowest BCUT2D eigenvalue weighted by Gasteiger charge is -2.13. The summed E-state index contributed by atoms with van der Waals surface area (Å²) in [5, 5.41) is 0. The number of rotatable bonds is 3. The fraction of sp³-hybridized carbons (Fsp3) is 0.800. The number of nitrogens with zero attached hydrogens (tertiary/aromatic N) is 1. The third-order valence-electron chi connectivity index (χ3n) is 2.96. The normalized spacial score (nSPS) is 32.8. The van der Waals surface area contributed by atoms with Gasteiger partial charge in [0.15, 0.2) is 5.78 Å². The van der Waals surface area contributed by atoms with Crippen LogP contribution in [0.25, 0.3) is 0 Å². The molecule has 0 N–H and O–H groups in total. The van der Waals surface area contributed by atoms with Crippen molar-refractivity contribution in [2.24, 2.45) is 5.92 Å². The lowest BCUT2D eigenvalue weighted by molar-refractivity contribution is -0.128. The minimum Gasteiger partial charge on any atom is -0.332 e. The first-order chi connectivity index (χ1) is 6.22. The van der Waals surface area contributed by atoms with E-state index in [4.69, 9.17) is 0 Å². The van der Waals surface area contributed by atoms with E-state index in [1.807, 2.05) is 0 Å². The molecule has 0 radical (unpaired) electrons. The SMILES string of the molecule is CCCC1CC1N1CC(=O)CC1=O. The zero-order valence-corrected chi connectivity index (χ0v) is 7.95. The maximum absolute atomic E-state index is 11.3. The molecule has 0 aromatic heterocycles. The smallest absolute Gasteiger partial charge is 0.230 e. The fourth-order valence-corrected chi connectivity index (χ4v) is 2.20. The number of hydrogen-bond acceptors (Lipinski definition) is 2. The van der Waals surface area contributed by atoms with Crippen LogP contribution in [0.15, 0.2) is 0 Å². The van der Waals surface area contributed by atoms with Crippen molar-refractivity contribution in [2.45, 2.75) is 38.6 Å². The molecule has 0 aromatic rings. The van der Waals surface area contributed by atoms with E-state index < -0.39 is 0 Å². The Balaban J connectivity index is 1.89. The van der Waals surface area contributed by atoms with Crippen molar-refractivity contribution in [3.05, 3.63) is 0 Å². The molecule has 3 heteroatoms. The van der Waals surface area contributed by atoms with E-state index in [9.17, 15) is 9.59 Å². The number of ketones is 1. The van der Waals surface area contributed by atoms with Crippen LogP contribution in [0, 0.1) is 5.92 Å². The second-order valence-electron chi connectivity index (χ2n) is 4.09. The zero-order valence-electron chi connectivity index (χ0n) is 7.95. The van der Waals surface area contributed by atoms with Gasteiger partial charge >= 0.3 is 0 Å². The zero-order chi connectivity index (χ0) is 9.42. The summed E-state index contributed by atoms with van der Waals surface area (Å²) in [4.78, 5) is 24.1. The van der Waals surface area contributed by atoms with Crippen LogP contribution in [0.3, 0.4) is 0 Å². The Kier molecular flexibility index (Phi) is 2.10. The molecule has 1 aliphatic heterocycles. The van der Waals surface area contributed by atoms with Gasteiger partial charge in [0, 0.05) is 6.04 Å². The first-order valence-corrected chi connectivity index (χ1v) is 5.03. The van der Waals surface area contributed by atoms with Gasteiger partial charge in [0.05, 0.1) is 13.0 Å². The minimum absolute atomic E-state index is 0.0496. The predicted molar refractivity (Wildman–Crippen MR) is 48.1 cm³/mol. The molecule has 0 aromatic carbocycles. The van der Waals surface area contributed by atoms with E-state index in [1.165, 1.54) is 12.8 Å². The van der Waals surface area contributed by atoms with Crippen LogP contribution < -0.4 is 0 Å². The summed E-state index contributed by atoms with van der Waals surface area (Å²) in [6.45, 7) is 2.54. The van der Waals surface area contributed by atoms with Crippen molar-refractivity contribution in [3.63, 3.8) is 0 Å². The fourth-order valence-electron chi connectivity index (χ4n) is 2.20. The van der Waals surface area contributed by atoms with Gasteiger partial charge in [-0.25, -0.2) is 0 Å². The molecule has 1 aliphatic carbocycles. The van der Waals surface area contributed by atoms with Crippen molar-refractivity contribution >= 4 is 11.7 Å². The maximum atomic E-state index is 11.3. The predicted octanol–water partition coefficient (Wildman–Crippen LogP) is 0.976. The molecule has 1 saturated carbocycles. The minimum atomic E-state index is 0.0496. The van der Waals surface area contributed by atoms with Crippen molar-refractivity contribution < 1.29 is 9.59 Å². The third-order valence-corrected chi connectivity index (χ3v) is 2.96. The third kappa shape index (κ3) is 1.60. The summed E-state index contributed by atoms with van der Waals surface area (Å²) in [5.74, 6) is 0.820. The topological polar surface area (TPSA) is 37.4 Å². The lowest BCUT2D eigenvalue weighted by Crippen LogP contribution is -2.28. The van der Waals surface area contributed by atoms with Gasteiger partial charge in [-0.1, -0.05) is 13.3 Å². The standard InChI is InChI=1S/C10H15NO2/c1-2-3-7-4-9(7)11-6-8(12)5-10(11)13/h7,9H,2-6H2,1H3. The Morgan fingerprint density at radius 3 is 2.77 bits per heavy atom. The highest BCUT2D eigenvalue weighted by atomic mass is 16.2. The van der Waals surface area contributed by atoms with Crippen LogP contribution >= 0.6 is 0 Å². The van der Waals surface area contributed by atoms with Crippen LogP contribution in [0.4, 0.5) is 0 Å². The summed E-state index contributed by atoms with van der Waals surface area (Å²) in [6, 6.07) is 0.402. The van der Waals surface area contributed by atoms with Gasteiger partial charge in [-0.05, 0) is 18.8 Å². The number of hydrogen-bond donors (Lipinski definition) is 0. The summed E-state index contributed by atoms with van der Waals surface area (Å²) < 4.78 is 0. The summed E-state index contributed by atoms with van der Waals surface area (Å²) in [5.41, 5.74) is 0. The Labute approximate surface area is 78.1 Å². The molecule has 1 saturated heterocycles. The molecular formula is C10H15NO2. The Hall–Kier alpha value is -0.860. The Morgan fingerprint density at radius 2 is 2.23 bits per heavy atom. The number of likely N-dealkylation sites (tertiary alicyclic amines) is 1. The van der Waals surface area contributed by atoms with Gasteiger partial charge in [0.1, 0.15) is 0 Å². The molecule has 13 heavy (non-hydrogen) atoms. The van der Waals surface area contributed by atoms with E-state index >= 15 is 0 Å². The van der Waals surface area contributed by atoms with E-state index in [0.29, 0.717) is 18.5 Å². The highest BCUT2D eigenvalue weighted by Crippen LogP contribution is 2.40. The summed E-state index contributed by atoms with van der Waals surface area (Å²) in [6.07, 6.45) is 3.64. The van der Waals surface area contributed by atoms with Crippen molar-refractivity contribution in [1.29, 1.82) is 0 Å². The van der Waals surface area contributed by atoms with Crippen molar-refractivity contribution in [1.82, 2.24) is 4.90 Å². The molecule has 72 valence electrons. The molecule has 1 amide bonds. The number of carbonyl (C=O) groups is 2.